The molecule has 1 aliphatic heterocycles. The van der Waals surface area contributed by atoms with Crippen LogP contribution in [0.5, 0.6) is 0 Å². The average Bonchev–Trinajstić information content (AvgIpc) is 3.05. The Labute approximate surface area is 185 Å². The molecule has 160 valence electrons. The predicted molar refractivity (Wildman–Crippen MR) is 122 cm³/mol. The Hall–Kier alpha value is -3.16. The molecule has 0 bridgehead atoms. The Kier molecular flexibility index (Phi) is 8.20. The highest BCUT2D eigenvalue weighted by Gasteiger charge is 2.34. The van der Waals surface area contributed by atoms with E-state index in [1.807, 2.05) is 66.7 Å². The number of nitrogens with one attached hydrogen (secondary N) is 1. The summed E-state index contributed by atoms with van der Waals surface area (Å²) in [7, 11) is 0. The molecule has 1 unspecified atom stereocenters. The van der Waals surface area contributed by atoms with Crippen molar-refractivity contribution < 1.29 is 19.5 Å². The Morgan fingerprint density at radius 3 is 2.42 bits per heavy atom. The lowest BCUT2D eigenvalue weighted by Gasteiger charge is -2.18. The van der Waals surface area contributed by atoms with Gasteiger partial charge in [-0.1, -0.05) is 72.8 Å². The van der Waals surface area contributed by atoms with Gasteiger partial charge in [-0.3, -0.25) is 19.3 Å². The summed E-state index contributed by atoms with van der Waals surface area (Å²) in [4.78, 5) is 38.4. The van der Waals surface area contributed by atoms with Crippen LogP contribution < -0.4 is 5.32 Å². The predicted octanol–water partition coefficient (Wildman–Crippen LogP) is 3.39. The van der Waals surface area contributed by atoms with E-state index in [1.165, 1.54) is 0 Å². The highest BCUT2D eigenvalue weighted by Crippen LogP contribution is 2.30. The highest BCUT2D eigenvalue weighted by molar-refractivity contribution is 8.18. The molecule has 0 aromatic heterocycles. The van der Waals surface area contributed by atoms with Crippen LogP contribution in [0.25, 0.3) is 6.08 Å². The van der Waals surface area contributed by atoms with Crippen molar-refractivity contribution in [1.29, 1.82) is 0 Å². The van der Waals surface area contributed by atoms with Crippen LogP contribution in [0.15, 0.2) is 77.7 Å². The molecular formula is C24H24N2O4S. The fourth-order valence-corrected chi connectivity index (χ4v) is 3.91. The molecule has 31 heavy (non-hydrogen) atoms. The molecule has 0 aliphatic carbocycles. The number of rotatable bonds is 9. The molecule has 0 saturated carbocycles. The normalized spacial score (nSPS) is 16.3. The zero-order valence-electron chi connectivity index (χ0n) is 16.9. The molecule has 1 aliphatic rings. The molecule has 2 aromatic carbocycles. The van der Waals surface area contributed by atoms with Crippen LogP contribution >= 0.6 is 11.8 Å². The summed E-state index contributed by atoms with van der Waals surface area (Å²) in [6.45, 7) is -0.196. The Balaban J connectivity index is 1.50. The number of carbonyl (C=O) groups excluding carboxylic acids is 3. The fourth-order valence-electron chi connectivity index (χ4n) is 3.09. The number of imide groups is 1. The second kappa shape index (κ2) is 11.3. The number of allylic oxidation sites excluding steroid dienone is 2. The Morgan fingerprint density at radius 2 is 1.74 bits per heavy atom. The summed E-state index contributed by atoms with van der Waals surface area (Å²) in [6, 6.07) is 18.7. The highest BCUT2D eigenvalue weighted by atomic mass is 32.2. The molecule has 2 aromatic rings. The zero-order valence-corrected chi connectivity index (χ0v) is 17.8. The molecule has 1 fully saturated rings. The number of amides is 3. The molecule has 6 nitrogen and oxygen atoms in total. The van der Waals surface area contributed by atoms with Gasteiger partial charge in [0.05, 0.1) is 17.6 Å². The van der Waals surface area contributed by atoms with E-state index >= 15 is 0 Å². The van der Waals surface area contributed by atoms with Gasteiger partial charge >= 0.3 is 0 Å². The number of aliphatic hydroxyl groups excluding tert-OH is 1. The molecule has 0 radical (unpaired) electrons. The van der Waals surface area contributed by atoms with Crippen LogP contribution in [0.1, 0.15) is 17.5 Å². The number of aliphatic hydroxyl groups is 1. The molecule has 0 spiro atoms. The van der Waals surface area contributed by atoms with Crippen molar-refractivity contribution in [2.75, 3.05) is 13.2 Å². The van der Waals surface area contributed by atoms with Crippen LogP contribution in [0.3, 0.4) is 0 Å². The van der Waals surface area contributed by atoms with Crippen molar-refractivity contribution in [2.24, 2.45) is 0 Å². The summed E-state index contributed by atoms with van der Waals surface area (Å²) in [5.41, 5.74) is 1.99. The van der Waals surface area contributed by atoms with E-state index in [1.54, 1.807) is 12.2 Å². The summed E-state index contributed by atoms with van der Waals surface area (Å²) >= 11 is 0.864. The average molecular weight is 437 g/mol. The maximum Gasteiger partial charge on any atom is 0.293 e. The summed E-state index contributed by atoms with van der Waals surface area (Å²) in [5, 5.41) is 11.9. The van der Waals surface area contributed by atoms with Gasteiger partial charge < -0.3 is 10.4 Å². The quantitative estimate of drug-likeness (QED) is 0.589. The van der Waals surface area contributed by atoms with Crippen molar-refractivity contribution in [1.82, 2.24) is 10.2 Å². The minimum Gasteiger partial charge on any atom is -0.394 e. The number of nitrogens with zero attached hydrogens (tertiary/aromatic N) is 1. The SMILES string of the molecule is O=C(CCN1C(=O)S/C(=C\C=C\c2ccccc2)C1=O)NC(CO)Cc1ccccc1. The second-order valence-electron chi connectivity index (χ2n) is 7.01. The number of thioether (sulfide) groups is 1. The van der Waals surface area contributed by atoms with Gasteiger partial charge in [0, 0.05) is 13.0 Å². The van der Waals surface area contributed by atoms with Gasteiger partial charge in [0.25, 0.3) is 11.1 Å². The summed E-state index contributed by atoms with van der Waals surface area (Å²) < 4.78 is 0. The van der Waals surface area contributed by atoms with Crippen molar-refractivity contribution in [3.63, 3.8) is 0 Å². The van der Waals surface area contributed by atoms with Crippen molar-refractivity contribution in [3.05, 3.63) is 88.8 Å². The molecule has 3 amide bonds. The Bertz CT molecular complexity index is 974. The third kappa shape index (κ3) is 6.67. The zero-order chi connectivity index (χ0) is 22.1. The lowest BCUT2D eigenvalue weighted by atomic mass is 10.1. The van der Waals surface area contributed by atoms with E-state index in [0.717, 1.165) is 27.8 Å². The first kappa shape index (κ1) is 22.5. The first-order valence-electron chi connectivity index (χ1n) is 9.98. The molecule has 1 atom stereocenters. The van der Waals surface area contributed by atoms with Gasteiger partial charge in [0.15, 0.2) is 0 Å². The largest absolute Gasteiger partial charge is 0.394 e. The molecule has 2 N–H and O–H groups in total. The molecule has 3 rings (SSSR count). The van der Waals surface area contributed by atoms with E-state index in [4.69, 9.17) is 0 Å². The number of benzene rings is 2. The van der Waals surface area contributed by atoms with Crippen molar-refractivity contribution >= 4 is 34.9 Å². The second-order valence-corrected chi connectivity index (χ2v) is 8.01. The van der Waals surface area contributed by atoms with E-state index in [9.17, 15) is 19.5 Å². The van der Waals surface area contributed by atoms with E-state index in [0.29, 0.717) is 11.3 Å². The van der Waals surface area contributed by atoms with Crippen molar-refractivity contribution in [3.8, 4) is 0 Å². The van der Waals surface area contributed by atoms with Crippen LogP contribution in [-0.4, -0.2) is 46.3 Å². The lowest BCUT2D eigenvalue weighted by molar-refractivity contribution is -0.124. The van der Waals surface area contributed by atoms with Gasteiger partial charge in [-0.2, -0.15) is 0 Å². The maximum absolute atomic E-state index is 12.5. The van der Waals surface area contributed by atoms with Crippen molar-refractivity contribution in [2.45, 2.75) is 18.9 Å². The van der Waals surface area contributed by atoms with Gasteiger partial charge in [0.1, 0.15) is 0 Å². The third-order valence-electron chi connectivity index (χ3n) is 4.68. The van der Waals surface area contributed by atoms with E-state index in [-0.39, 0.29) is 30.7 Å². The smallest absolute Gasteiger partial charge is 0.293 e. The first-order chi connectivity index (χ1) is 15.1. The van der Waals surface area contributed by atoms with E-state index < -0.39 is 11.9 Å². The van der Waals surface area contributed by atoms with Crippen LogP contribution in [-0.2, 0) is 16.0 Å². The third-order valence-corrected chi connectivity index (χ3v) is 5.61. The number of hydrogen-bond acceptors (Lipinski definition) is 5. The standard InChI is InChI=1S/C24H24N2O4S/c27-17-20(16-19-10-5-2-6-11-19)25-22(28)14-15-26-23(29)21(31-24(26)30)13-7-12-18-8-3-1-4-9-18/h1-13,20,27H,14-17H2,(H,25,28)/b12-7+,21-13-. The summed E-state index contributed by atoms with van der Waals surface area (Å²) in [6.07, 6.45) is 5.68. The Morgan fingerprint density at radius 1 is 1.06 bits per heavy atom. The minimum absolute atomic E-state index is 0.000273. The van der Waals surface area contributed by atoms with Gasteiger partial charge in [0.2, 0.25) is 5.91 Å². The first-order valence-corrected chi connectivity index (χ1v) is 10.8. The number of hydrogen-bond donors (Lipinski definition) is 2. The lowest BCUT2D eigenvalue weighted by Crippen LogP contribution is -2.41. The van der Waals surface area contributed by atoms with Crippen LogP contribution in [0.2, 0.25) is 0 Å². The molecular weight excluding hydrogens is 412 g/mol. The molecule has 1 heterocycles. The van der Waals surface area contributed by atoms with E-state index in [2.05, 4.69) is 5.32 Å². The summed E-state index contributed by atoms with van der Waals surface area (Å²) in [5.74, 6) is -0.717. The van der Waals surface area contributed by atoms with Gasteiger partial charge in [-0.15, -0.1) is 0 Å². The van der Waals surface area contributed by atoms with Crippen LogP contribution in [0.4, 0.5) is 4.79 Å². The topological polar surface area (TPSA) is 86.7 Å². The molecule has 1 saturated heterocycles. The van der Waals surface area contributed by atoms with Gasteiger partial charge in [-0.05, 0) is 35.4 Å². The minimum atomic E-state index is -0.423. The maximum atomic E-state index is 12.5. The fraction of sp³-hybridized carbons (Fsp3) is 0.208. The molecule has 7 heteroatoms. The van der Waals surface area contributed by atoms with Gasteiger partial charge in [-0.25, -0.2) is 0 Å². The number of carbonyl (C=O) groups is 3. The monoisotopic (exact) mass is 436 g/mol. The van der Waals surface area contributed by atoms with Crippen LogP contribution in [0, 0.1) is 0 Å².